The molecule has 2 aromatic rings. The van der Waals surface area contributed by atoms with Gasteiger partial charge in [0.25, 0.3) is 5.91 Å². The van der Waals surface area contributed by atoms with Gasteiger partial charge in [0.05, 0.1) is 16.4 Å². The molecule has 98 valence electrons. The van der Waals surface area contributed by atoms with Crippen molar-refractivity contribution in [2.45, 2.75) is 0 Å². The molecule has 0 fully saturated rings. The third-order valence-corrected chi connectivity index (χ3v) is 3.68. The van der Waals surface area contributed by atoms with E-state index in [1.54, 1.807) is 12.1 Å². The number of nitrogen functional groups attached to an aromatic ring is 1. The average molecular weight is 344 g/mol. The molecule has 6 heteroatoms. The standard InChI is InChI=1S/C13H9BrClFN2O/c14-9-3-1-7(5-10(9)15)13(19)18-12-6-8(16)2-4-11(12)17/h1-6H,17H2,(H,18,19). The van der Waals surface area contributed by atoms with E-state index in [4.69, 9.17) is 17.3 Å². The van der Waals surface area contributed by atoms with E-state index in [1.165, 1.54) is 18.2 Å². The van der Waals surface area contributed by atoms with E-state index >= 15 is 0 Å². The molecule has 1 amide bonds. The maximum absolute atomic E-state index is 13.1. The molecule has 0 heterocycles. The zero-order chi connectivity index (χ0) is 14.0. The number of benzene rings is 2. The van der Waals surface area contributed by atoms with Crippen molar-refractivity contribution in [2.75, 3.05) is 11.1 Å². The predicted molar refractivity (Wildman–Crippen MR) is 77.9 cm³/mol. The molecule has 0 saturated heterocycles. The Kier molecular flexibility index (Phi) is 4.07. The minimum atomic E-state index is -0.474. The summed E-state index contributed by atoms with van der Waals surface area (Å²) in [5, 5.41) is 2.95. The van der Waals surface area contributed by atoms with E-state index in [2.05, 4.69) is 21.2 Å². The highest BCUT2D eigenvalue weighted by molar-refractivity contribution is 9.10. The molecule has 19 heavy (non-hydrogen) atoms. The fourth-order valence-corrected chi connectivity index (χ4v) is 1.90. The van der Waals surface area contributed by atoms with Crippen LogP contribution in [0.5, 0.6) is 0 Å². The fraction of sp³-hybridized carbons (Fsp3) is 0. The Morgan fingerprint density at radius 2 is 2.00 bits per heavy atom. The molecule has 0 radical (unpaired) electrons. The van der Waals surface area contributed by atoms with Crippen LogP contribution in [0.3, 0.4) is 0 Å². The number of carbonyl (C=O) groups is 1. The van der Waals surface area contributed by atoms with Crippen LogP contribution in [0, 0.1) is 5.82 Å². The highest BCUT2D eigenvalue weighted by Gasteiger charge is 2.10. The number of rotatable bonds is 2. The smallest absolute Gasteiger partial charge is 0.255 e. The lowest BCUT2D eigenvalue weighted by Crippen LogP contribution is -2.13. The Morgan fingerprint density at radius 3 is 2.68 bits per heavy atom. The van der Waals surface area contributed by atoms with Gasteiger partial charge in [-0.05, 0) is 52.3 Å². The summed E-state index contributed by atoms with van der Waals surface area (Å²) in [6.45, 7) is 0. The molecular weight excluding hydrogens is 335 g/mol. The van der Waals surface area contributed by atoms with Gasteiger partial charge in [0.15, 0.2) is 0 Å². The van der Waals surface area contributed by atoms with Crippen molar-refractivity contribution in [3.63, 3.8) is 0 Å². The number of amides is 1. The maximum Gasteiger partial charge on any atom is 0.255 e. The van der Waals surface area contributed by atoms with Crippen LogP contribution in [-0.4, -0.2) is 5.91 Å². The number of hydrogen-bond acceptors (Lipinski definition) is 2. The summed E-state index contributed by atoms with van der Waals surface area (Å²) in [5.74, 6) is -0.884. The third kappa shape index (κ3) is 3.24. The second kappa shape index (κ2) is 5.59. The third-order valence-electron chi connectivity index (χ3n) is 2.45. The fourth-order valence-electron chi connectivity index (χ4n) is 1.47. The highest BCUT2D eigenvalue weighted by Crippen LogP contribution is 2.24. The van der Waals surface area contributed by atoms with Crippen molar-refractivity contribution < 1.29 is 9.18 Å². The molecular formula is C13H9BrClFN2O. The predicted octanol–water partition coefficient (Wildman–Crippen LogP) is 4.08. The van der Waals surface area contributed by atoms with Crippen LogP contribution in [0.25, 0.3) is 0 Å². The highest BCUT2D eigenvalue weighted by atomic mass is 79.9. The number of nitrogens with one attached hydrogen (secondary N) is 1. The first-order valence-electron chi connectivity index (χ1n) is 5.29. The van der Waals surface area contributed by atoms with Crippen LogP contribution in [0.1, 0.15) is 10.4 Å². The molecule has 3 N–H and O–H groups in total. The summed E-state index contributed by atoms with van der Waals surface area (Å²) in [4.78, 5) is 12.0. The van der Waals surface area contributed by atoms with Crippen LogP contribution in [0.2, 0.25) is 5.02 Å². The van der Waals surface area contributed by atoms with E-state index in [0.29, 0.717) is 15.1 Å². The van der Waals surface area contributed by atoms with Gasteiger partial charge in [0.2, 0.25) is 0 Å². The van der Waals surface area contributed by atoms with Crippen LogP contribution in [0.4, 0.5) is 15.8 Å². The molecule has 0 spiro atoms. The van der Waals surface area contributed by atoms with Gasteiger partial charge < -0.3 is 11.1 Å². The van der Waals surface area contributed by atoms with Crippen molar-refractivity contribution in [3.05, 3.63) is 57.3 Å². The van der Waals surface area contributed by atoms with E-state index in [1.807, 2.05) is 0 Å². The first kappa shape index (κ1) is 13.8. The summed E-state index contributed by atoms with van der Waals surface area (Å²) in [6.07, 6.45) is 0. The second-order valence-electron chi connectivity index (χ2n) is 3.81. The number of carbonyl (C=O) groups excluding carboxylic acids is 1. The summed E-state index contributed by atoms with van der Waals surface area (Å²) in [6, 6.07) is 8.54. The average Bonchev–Trinajstić information content (AvgIpc) is 2.37. The quantitative estimate of drug-likeness (QED) is 0.807. The van der Waals surface area contributed by atoms with Gasteiger partial charge in [-0.15, -0.1) is 0 Å². The molecule has 3 nitrogen and oxygen atoms in total. The summed E-state index contributed by atoms with van der Waals surface area (Å²) in [7, 11) is 0. The topological polar surface area (TPSA) is 55.1 Å². The van der Waals surface area contributed by atoms with Crippen LogP contribution < -0.4 is 11.1 Å². The number of halogens is 3. The summed E-state index contributed by atoms with van der Waals surface area (Å²) in [5.41, 5.74) is 6.53. The lowest BCUT2D eigenvalue weighted by Gasteiger charge is -2.08. The van der Waals surface area contributed by atoms with Crippen LogP contribution in [-0.2, 0) is 0 Å². The Morgan fingerprint density at radius 1 is 1.26 bits per heavy atom. The first-order chi connectivity index (χ1) is 8.97. The van der Waals surface area contributed by atoms with Crippen molar-refractivity contribution in [3.8, 4) is 0 Å². The molecule has 0 aromatic heterocycles. The number of hydrogen-bond donors (Lipinski definition) is 2. The monoisotopic (exact) mass is 342 g/mol. The molecule has 0 aliphatic heterocycles. The molecule has 2 rings (SSSR count). The Balaban J connectivity index is 2.25. The van der Waals surface area contributed by atoms with E-state index in [9.17, 15) is 9.18 Å². The lowest BCUT2D eigenvalue weighted by atomic mass is 10.2. The number of nitrogens with two attached hydrogens (primary N) is 1. The van der Waals surface area contributed by atoms with Crippen molar-refractivity contribution in [1.29, 1.82) is 0 Å². The molecule has 0 atom stereocenters. The largest absolute Gasteiger partial charge is 0.397 e. The molecule has 0 aliphatic carbocycles. The van der Waals surface area contributed by atoms with Crippen molar-refractivity contribution in [1.82, 2.24) is 0 Å². The van der Waals surface area contributed by atoms with E-state index < -0.39 is 11.7 Å². The van der Waals surface area contributed by atoms with Crippen molar-refractivity contribution >= 4 is 44.8 Å². The molecule has 0 bridgehead atoms. The van der Waals surface area contributed by atoms with Crippen LogP contribution in [0.15, 0.2) is 40.9 Å². The summed E-state index contributed by atoms with van der Waals surface area (Å²) >= 11 is 9.14. The molecule has 0 aliphatic rings. The molecule has 2 aromatic carbocycles. The summed E-state index contributed by atoms with van der Waals surface area (Å²) < 4.78 is 13.8. The zero-order valence-corrected chi connectivity index (χ0v) is 11.9. The lowest BCUT2D eigenvalue weighted by molar-refractivity contribution is 0.102. The Bertz CT molecular complexity index is 649. The van der Waals surface area contributed by atoms with Crippen molar-refractivity contribution in [2.24, 2.45) is 0 Å². The van der Waals surface area contributed by atoms with E-state index in [-0.39, 0.29) is 11.4 Å². The van der Waals surface area contributed by atoms with Gasteiger partial charge in [-0.3, -0.25) is 4.79 Å². The van der Waals surface area contributed by atoms with Crippen LogP contribution >= 0.6 is 27.5 Å². The Hall–Kier alpha value is -1.59. The SMILES string of the molecule is Nc1ccc(F)cc1NC(=O)c1ccc(Br)c(Cl)c1. The maximum atomic E-state index is 13.1. The first-order valence-corrected chi connectivity index (χ1v) is 6.46. The Labute approximate surface area is 122 Å². The zero-order valence-electron chi connectivity index (χ0n) is 9.58. The van der Waals surface area contributed by atoms with Gasteiger partial charge in [-0.1, -0.05) is 11.6 Å². The second-order valence-corrected chi connectivity index (χ2v) is 5.08. The van der Waals surface area contributed by atoms with E-state index in [0.717, 1.165) is 6.07 Å². The van der Waals surface area contributed by atoms with Gasteiger partial charge in [-0.25, -0.2) is 4.39 Å². The minimum Gasteiger partial charge on any atom is -0.397 e. The molecule has 0 unspecified atom stereocenters. The van der Waals surface area contributed by atoms with Gasteiger partial charge >= 0.3 is 0 Å². The normalized spacial score (nSPS) is 10.3. The van der Waals surface area contributed by atoms with Gasteiger partial charge in [-0.2, -0.15) is 0 Å². The molecule has 0 saturated carbocycles. The van der Waals surface area contributed by atoms with Gasteiger partial charge in [0.1, 0.15) is 5.82 Å². The van der Waals surface area contributed by atoms with Gasteiger partial charge in [0, 0.05) is 10.0 Å². The number of anilines is 2. The minimum absolute atomic E-state index is 0.226.